The molecule has 0 radical (unpaired) electrons. The minimum absolute atomic E-state index is 0.133. The van der Waals surface area contributed by atoms with Crippen LogP contribution in [0.2, 0.25) is 0 Å². The zero-order valence-corrected chi connectivity index (χ0v) is 12.0. The van der Waals surface area contributed by atoms with Gasteiger partial charge in [-0.15, -0.1) is 11.8 Å². The average Bonchev–Trinajstić information content (AvgIpc) is 2.34. The average molecular weight is 267 g/mol. The van der Waals surface area contributed by atoms with Crippen LogP contribution in [0.1, 0.15) is 32.3 Å². The van der Waals surface area contributed by atoms with Crippen LogP contribution in [0, 0.1) is 6.92 Å². The fraction of sp³-hybridized carbons (Fsp3) is 0.500. The van der Waals surface area contributed by atoms with Gasteiger partial charge in [0.05, 0.1) is 6.61 Å². The number of nitrogens with two attached hydrogens (primary N) is 1. The molecule has 1 atom stereocenters. The van der Waals surface area contributed by atoms with Gasteiger partial charge in [-0.05, 0) is 38.0 Å². The fourth-order valence-electron chi connectivity index (χ4n) is 1.63. The summed E-state index contributed by atoms with van der Waals surface area (Å²) >= 11 is 1.55. The second-order valence-electron chi connectivity index (χ2n) is 4.12. The standard InChI is InChI=1S/C14H21NO2S/c1-4-7-13(14(16)17-5-2)18-12-9-6-8-11(15)10(12)3/h6,8-9,13H,4-5,7,15H2,1-3H3. The first kappa shape index (κ1) is 14.9. The zero-order valence-electron chi connectivity index (χ0n) is 11.2. The molecule has 0 amide bonds. The van der Waals surface area contributed by atoms with E-state index >= 15 is 0 Å². The number of ether oxygens (including phenoxy) is 1. The van der Waals surface area contributed by atoms with Gasteiger partial charge in [0.25, 0.3) is 0 Å². The van der Waals surface area contributed by atoms with E-state index in [0.29, 0.717) is 6.61 Å². The van der Waals surface area contributed by atoms with Crippen LogP contribution < -0.4 is 5.73 Å². The minimum atomic E-state index is -0.143. The number of carbonyl (C=O) groups excluding carboxylic acids is 1. The molecule has 0 fully saturated rings. The summed E-state index contributed by atoms with van der Waals surface area (Å²) in [7, 11) is 0. The summed E-state index contributed by atoms with van der Waals surface area (Å²) in [5, 5.41) is -0.143. The van der Waals surface area contributed by atoms with Crippen LogP contribution in [0.25, 0.3) is 0 Å². The van der Waals surface area contributed by atoms with Crippen molar-refractivity contribution in [2.75, 3.05) is 12.3 Å². The van der Waals surface area contributed by atoms with Gasteiger partial charge in [0.2, 0.25) is 0 Å². The highest BCUT2D eigenvalue weighted by atomic mass is 32.2. The lowest BCUT2D eigenvalue weighted by Gasteiger charge is -2.16. The van der Waals surface area contributed by atoms with Crippen molar-refractivity contribution in [3.63, 3.8) is 0 Å². The lowest BCUT2D eigenvalue weighted by atomic mass is 10.2. The Bertz CT molecular complexity index is 407. The van der Waals surface area contributed by atoms with Gasteiger partial charge in [-0.25, -0.2) is 0 Å². The molecule has 1 rings (SSSR count). The number of hydrogen-bond acceptors (Lipinski definition) is 4. The fourth-order valence-corrected chi connectivity index (χ4v) is 2.91. The summed E-state index contributed by atoms with van der Waals surface area (Å²) < 4.78 is 5.11. The lowest BCUT2D eigenvalue weighted by Crippen LogP contribution is -2.20. The van der Waals surface area contributed by atoms with Gasteiger partial charge in [-0.2, -0.15) is 0 Å². The first-order valence-electron chi connectivity index (χ1n) is 6.28. The third kappa shape index (κ3) is 3.95. The van der Waals surface area contributed by atoms with Gasteiger partial charge in [0, 0.05) is 10.6 Å². The Morgan fingerprint density at radius 2 is 2.17 bits per heavy atom. The molecule has 18 heavy (non-hydrogen) atoms. The molecule has 2 N–H and O–H groups in total. The smallest absolute Gasteiger partial charge is 0.319 e. The normalized spacial score (nSPS) is 12.2. The Morgan fingerprint density at radius 3 is 2.78 bits per heavy atom. The molecule has 0 heterocycles. The highest BCUT2D eigenvalue weighted by molar-refractivity contribution is 8.00. The molecular weight excluding hydrogens is 246 g/mol. The van der Waals surface area contributed by atoms with Crippen molar-refractivity contribution in [3.8, 4) is 0 Å². The van der Waals surface area contributed by atoms with Gasteiger partial charge < -0.3 is 10.5 Å². The summed E-state index contributed by atoms with van der Waals surface area (Å²) in [5.41, 5.74) is 7.67. The Labute approximate surface area is 113 Å². The number of rotatable bonds is 6. The van der Waals surface area contributed by atoms with E-state index in [9.17, 15) is 4.79 Å². The second kappa shape index (κ2) is 7.31. The molecule has 0 aliphatic heterocycles. The van der Waals surface area contributed by atoms with Crippen LogP contribution in [0.15, 0.2) is 23.1 Å². The largest absolute Gasteiger partial charge is 0.465 e. The van der Waals surface area contributed by atoms with Gasteiger partial charge >= 0.3 is 5.97 Å². The Hall–Kier alpha value is -1.16. The van der Waals surface area contributed by atoms with E-state index in [-0.39, 0.29) is 11.2 Å². The maximum absolute atomic E-state index is 11.9. The molecule has 0 bridgehead atoms. The number of esters is 1. The third-order valence-electron chi connectivity index (χ3n) is 2.70. The molecule has 0 aliphatic carbocycles. The maximum atomic E-state index is 11.9. The first-order valence-corrected chi connectivity index (χ1v) is 7.16. The van der Waals surface area contributed by atoms with E-state index in [1.807, 2.05) is 32.0 Å². The highest BCUT2D eigenvalue weighted by Crippen LogP contribution is 2.32. The molecule has 0 aliphatic rings. The minimum Gasteiger partial charge on any atom is -0.465 e. The van der Waals surface area contributed by atoms with E-state index in [0.717, 1.165) is 29.0 Å². The molecule has 1 aromatic rings. The van der Waals surface area contributed by atoms with E-state index < -0.39 is 0 Å². The second-order valence-corrected chi connectivity index (χ2v) is 5.36. The van der Waals surface area contributed by atoms with Crippen molar-refractivity contribution in [2.45, 2.75) is 43.8 Å². The molecule has 0 saturated heterocycles. The molecular formula is C14H21NO2S. The Balaban J connectivity index is 2.82. The highest BCUT2D eigenvalue weighted by Gasteiger charge is 2.21. The van der Waals surface area contributed by atoms with Crippen LogP contribution in [0.5, 0.6) is 0 Å². The number of anilines is 1. The van der Waals surface area contributed by atoms with E-state index in [2.05, 4.69) is 6.92 Å². The zero-order chi connectivity index (χ0) is 13.5. The Kier molecular flexibility index (Phi) is 6.05. The molecule has 3 nitrogen and oxygen atoms in total. The van der Waals surface area contributed by atoms with Crippen molar-refractivity contribution < 1.29 is 9.53 Å². The molecule has 1 aromatic carbocycles. The van der Waals surface area contributed by atoms with Crippen LogP contribution in [0.3, 0.4) is 0 Å². The van der Waals surface area contributed by atoms with Crippen molar-refractivity contribution >= 4 is 23.4 Å². The van der Waals surface area contributed by atoms with Crippen molar-refractivity contribution in [3.05, 3.63) is 23.8 Å². The quantitative estimate of drug-likeness (QED) is 0.487. The predicted octanol–water partition coefficient (Wildman–Crippen LogP) is 3.40. The van der Waals surface area contributed by atoms with Crippen LogP contribution in [-0.2, 0) is 9.53 Å². The van der Waals surface area contributed by atoms with E-state index in [1.54, 1.807) is 11.8 Å². The number of benzene rings is 1. The number of nitrogen functional groups attached to an aromatic ring is 1. The van der Waals surface area contributed by atoms with E-state index in [1.165, 1.54) is 0 Å². The number of hydrogen-bond donors (Lipinski definition) is 1. The van der Waals surface area contributed by atoms with Gasteiger partial charge in [-0.3, -0.25) is 4.79 Å². The van der Waals surface area contributed by atoms with Crippen molar-refractivity contribution in [1.82, 2.24) is 0 Å². The number of carbonyl (C=O) groups is 1. The Morgan fingerprint density at radius 1 is 1.44 bits per heavy atom. The lowest BCUT2D eigenvalue weighted by molar-refractivity contribution is -0.142. The molecule has 1 unspecified atom stereocenters. The van der Waals surface area contributed by atoms with Gasteiger partial charge in [0.15, 0.2) is 0 Å². The summed E-state index contributed by atoms with van der Waals surface area (Å²) in [5.74, 6) is -0.133. The monoisotopic (exact) mass is 267 g/mol. The van der Waals surface area contributed by atoms with Crippen LogP contribution >= 0.6 is 11.8 Å². The SMILES string of the molecule is CCCC(Sc1cccc(N)c1C)C(=O)OCC. The van der Waals surface area contributed by atoms with Gasteiger partial charge in [0.1, 0.15) is 5.25 Å². The van der Waals surface area contributed by atoms with E-state index in [4.69, 9.17) is 10.5 Å². The molecule has 4 heteroatoms. The predicted molar refractivity (Wildman–Crippen MR) is 76.8 cm³/mol. The van der Waals surface area contributed by atoms with Crippen LogP contribution in [-0.4, -0.2) is 17.8 Å². The molecule has 0 aromatic heterocycles. The van der Waals surface area contributed by atoms with Crippen molar-refractivity contribution in [1.29, 1.82) is 0 Å². The summed E-state index contributed by atoms with van der Waals surface area (Å²) in [6.45, 7) is 6.30. The summed E-state index contributed by atoms with van der Waals surface area (Å²) in [6, 6.07) is 5.79. The number of thioether (sulfide) groups is 1. The summed E-state index contributed by atoms with van der Waals surface area (Å²) in [4.78, 5) is 12.9. The molecule has 100 valence electrons. The third-order valence-corrected chi connectivity index (χ3v) is 4.10. The van der Waals surface area contributed by atoms with Gasteiger partial charge in [-0.1, -0.05) is 19.4 Å². The summed E-state index contributed by atoms with van der Waals surface area (Å²) in [6.07, 6.45) is 1.77. The topological polar surface area (TPSA) is 52.3 Å². The maximum Gasteiger partial charge on any atom is 0.319 e. The first-order chi connectivity index (χ1) is 8.60. The van der Waals surface area contributed by atoms with Crippen LogP contribution in [0.4, 0.5) is 5.69 Å². The van der Waals surface area contributed by atoms with Crippen molar-refractivity contribution in [2.24, 2.45) is 0 Å². The molecule has 0 saturated carbocycles. The molecule has 0 spiro atoms.